The van der Waals surface area contributed by atoms with Crippen LogP contribution in [-0.2, 0) is 9.59 Å². The van der Waals surface area contributed by atoms with Gasteiger partial charge >= 0.3 is 11.9 Å². The lowest BCUT2D eigenvalue weighted by atomic mass is 9.81. The van der Waals surface area contributed by atoms with Crippen LogP contribution < -0.4 is 5.73 Å². The lowest BCUT2D eigenvalue weighted by Gasteiger charge is -2.24. The van der Waals surface area contributed by atoms with E-state index in [4.69, 9.17) is 15.9 Å². The lowest BCUT2D eigenvalue weighted by molar-refractivity contribution is -0.155. The van der Waals surface area contributed by atoms with Crippen molar-refractivity contribution in [1.29, 1.82) is 0 Å². The second kappa shape index (κ2) is 5.59. The molecule has 0 aromatic rings. The summed E-state index contributed by atoms with van der Waals surface area (Å²) in [7, 11) is 0. The van der Waals surface area contributed by atoms with E-state index in [2.05, 4.69) is 0 Å². The molecule has 0 aromatic carbocycles. The first-order valence-electron chi connectivity index (χ1n) is 4.61. The fourth-order valence-electron chi connectivity index (χ4n) is 1.54. The van der Waals surface area contributed by atoms with Crippen LogP contribution in [0.3, 0.4) is 0 Å². The van der Waals surface area contributed by atoms with Gasteiger partial charge in [-0.2, -0.15) is 0 Å². The molecule has 0 saturated heterocycles. The van der Waals surface area contributed by atoms with E-state index in [9.17, 15) is 9.59 Å². The molecule has 0 fully saturated rings. The molecule has 0 bridgehead atoms. The highest BCUT2D eigenvalue weighted by atomic mass is 16.4. The van der Waals surface area contributed by atoms with E-state index in [1.807, 2.05) is 6.92 Å². The van der Waals surface area contributed by atoms with Crippen LogP contribution in [0.1, 0.15) is 20.3 Å². The maximum atomic E-state index is 10.9. The maximum absolute atomic E-state index is 10.9. The van der Waals surface area contributed by atoms with E-state index in [1.165, 1.54) is 6.92 Å². The van der Waals surface area contributed by atoms with Crippen molar-refractivity contribution in [2.75, 3.05) is 6.54 Å². The van der Waals surface area contributed by atoms with Gasteiger partial charge in [-0.3, -0.25) is 9.59 Å². The van der Waals surface area contributed by atoms with Crippen molar-refractivity contribution >= 4 is 11.9 Å². The van der Waals surface area contributed by atoms with E-state index >= 15 is 0 Å². The molecular weight excluding hydrogens is 186 g/mol. The Balaban J connectivity index is 4.74. The Morgan fingerprint density at radius 1 is 1.29 bits per heavy atom. The number of carboxylic acids is 2. The van der Waals surface area contributed by atoms with E-state index in [0.29, 0.717) is 6.42 Å². The molecule has 4 N–H and O–H groups in total. The summed E-state index contributed by atoms with van der Waals surface area (Å²) < 4.78 is 0. The van der Waals surface area contributed by atoms with Crippen LogP contribution in [0.2, 0.25) is 0 Å². The van der Waals surface area contributed by atoms with Crippen molar-refractivity contribution in [1.82, 2.24) is 0 Å². The predicted octanol–water partition coefficient (Wildman–Crippen LogP) is 0.393. The first-order valence-corrected chi connectivity index (χ1v) is 4.61. The van der Waals surface area contributed by atoms with Crippen LogP contribution in [0.4, 0.5) is 0 Å². The smallest absolute Gasteiger partial charge is 0.307 e. The Kier molecular flexibility index (Phi) is 5.15. The minimum Gasteiger partial charge on any atom is -0.481 e. The number of carboxylic acid groups (broad SMARTS) is 2. The highest BCUT2D eigenvalue weighted by molar-refractivity contribution is 5.79. The summed E-state index contributed by atoms with van der Waals surface area (Å²) in [6.45, 7) is 3.41. The molecule has 0 amide bonds. The fraction of sp³-hybridized carbons (Fsp3) is 0.778. The first-order chi connectivity index (χ1) is 6.45. The van der Waals surface area contributed by atoms with Crippen LogP contribution in [-0.4, -0.2) is 28.7 Å². The zero-order valence-corrected chi connectivity index (χ0v) is 8.43. The largest absolute Gasteiger partial charge is 0.481 e. The van der Waals surface area contributed by atoms with Crippen LogP contribution in [0, 0.1) is 17.8 Å². The minimum absolute atomic E-state index is 0.199. The summed E-state index contributed by atoms with van der Waals surface area (Å²) in [5.74, 6) is -4.26. The van der Waals surface area contributed by atoms with E-state index in [-0.39, 0.29) is 12.5 Å². The van der Waals surface area contributed by atoms with Gasteiger partial charge in [-0.1, -0.05) is 20.3 Å². The van der Waals surface area contributed by atoms with Gasteiger partial charge < -0.3 is 15.9 Å². The lowest BCUT2D eigenvalue weighted by Crippen LogP contribution is -2.37. The van der Waals surface area contributed by atoms with Crippen molar-refractivity contribution in [2.45, 2.75) is 20.3 Å². The number of hydrogen-bond donors (Lipinski definition) is 3. The van der Waals surface area contributed by atoms with Gasteiger partial charge in [0.1, 0.15) is 0 Å². The molecule has 0 radical (unpaired) electrons. The van der Waals surface area contributed by atoms with Gasteiger partial charge in [0.15, 0.2) is 0 Å². The molecule has 3 atom stereocenters. The molecule has 5 heteroatoms. The Morgan fingerprint density at radius 3 is 2.00 bits per heavy atom. The SMILES string of the molecule is CCC(CN)C(C(=O)O)C(C)C(=O)O. The topological polar surface area (TPSA) is 101 Å². The van der Waals surface area contributed by atoms with Crippen LogP contribution in [0.25, 0.3) is 0 Å². The number of nitrogens with two attached hydrogens (primary N) is 1. The zero-order chi connectivity index (χ0) is 11.3. The van der Waals surface area contributed by atoms with Gasteiger partial charge in [0, 0.05) is 0 Å². The normalized spacial score (nSPS) is 17.1. The Labute approximate surface area is 82.9 Å². The summed E-state index contributed by atoms with van der Waals surface area (Å²) in [5, 5.41) is 17.6. The highest BCUT2D eigenvalue weighted by Crippen LogP contribution is 2.23. The molecule has 0 heterocycles. The average molecular weight is 203 g/mol. The molecule has 3 unspecified atom stereocenters. The van der Waals surface area contributed by atoms with Crippen LogP contribution in [0.5, 0.6) is 0 Å². The summed E-state index contributed by atoms with van der Waals surface area (Å²) in [6.07, 6.45) is 0.574. The number of carbonyl (C=O) groups is 2. The molecule has 0 spiro atoms. The third kappa shape index (κ3) is 2.99. The van der Waals surface area contributed by atoms with Gasteiger partial charge in [-0.15, -0.1) is 0 Å². The van der Waals surface area contributed by atoms with Crippen LogP contribution in [0.15, 0.2) is 0 Å². The van der Waals surface area contributed by atoms with Crippen molar-refractivity contribution in [3.8, 4) is 0 Å². The van der Waals surface area contributed by atoms with E-state index in [0.717, 1.165) is 0 Å². The quantitative estimate of drug-likeness (QED) is 0.579. The summed E-state index contributed by atoms with van der Waals surface area (Å²) in [5.41, 5.74) is 5.40. The number of aliphatic carboxylic acids is 2. The van der Waals surface area contributed by atoms with Gasteiger partial charge in [-0.25, -0.2) is 0 Å². The molecule has 0 aromatic heterocycles. The molecule has 0 aliphatic heterocycles. The minimum atomic E-state index is -1.09. The summed E-state index contributed by atoms with van der Waals surface area (Å²) >= 11 is 0. The maximum Gasteiger partial charge on any atom is 0.307 e. The second-order valence-corrected chi connectivity index (χ2v) is 3.39. The number of hydrogen-bond acceptors (Lipinski definition) is 3. The van der Waals surface area contributed by atoms with Gasteiger partial charge in [0.25, 0.3) is 0 Å². The predicted molar refractivity (Wildman–Crippen MR) is 50.8 cm³/mol. The molecule has 5 nitrogen and oxygen atoms in total. The molecular formula is C9H17NO4. The van der Waals surface area contributed by atoms with Crippen molar-refractivity contribution in [3.63, 3.8) is 0 Å². The Hall–Kier alpha value is -1.10. The summed E-state index contributed by atoms with van der Waals surface area (Å²) in [4.78, 5) is 21.6. The van der Waals surface area contributed by atoms with Crippen LogP contribution >= 0.6 is 0 Å². The standard InChI is InChI=1S/C9H17NO4/c1-3-6(4-10)7(9(13)14)5(2)8(11)12/h5-7H,3-4,10H2,1-2H3,(H,11,12)(H,13,14). The van der Waals surface area contributed by atoms with E-state index in [1.54, 1.807) is 0 Å². The van der Waals surface area contributed by atoms with Gasteiger partial charge in [-0.05, 0) is 12.5 Å². The van der Waals surface area contributed by atoms with E-state index < -0.39 is 23.8 Å². The molecule has 0 saturated carbocycles. The van der Waals surface area contributed by atoms with Gasteiger partial charge in [0.05, 0.1) is 11.8 Å². The van der Waals surface area contributed by atoms with Crippen molar-refractivity contribution in [3.05, 3.63) is 0 Å². The third-order valence-corrected chi connectivity index (χ3v) is 2.55. The Morgan fingerprint density at radius 2 is 1.79 bits per heavy atom. The summed E-state index contributed by atoms with van der Waals surface area (Å²) in [6, 6.07) is 0. The van der Waals surface area contributed by atoms with Gasteiger partial charge in [0.2, 0.25) is 0 Å². The van der Waals surface area contributed by atoms with Crippen molar-refractivity contribution < 1.29 is 19.8 Å². The fourth-order valence-corrected chi connectivity index (χ4v) is 1.54. The Bertz CT molecular complexity index is 213. The molecule has 0 aliphatic carbocycles. The number of rotatable bonds is 6. The molecule has 0 rings (SSSR count). The zero-order valence-electron chi connectivity index (χ0n) is 8.43. The van der Waals surface area contributed by atoms with Crippen molar-refractivity contribution in [2.24, 2.45) is 23.5 Å². The highest BCUT2D eigenvalue weighted by Gasteiger charge is 2.35. The molecule has 0 aliphatic rings. The third-order valence-electron chi connectivity index (χ3n) is 2.55. The average Bonchev–Trinajstić information content (AvgIpc) is 2.12. The first kappa shape index (κ1) is 12.9. The molecule has 82 valence electrons. The monoisotopic (exact) mass is 203 g/mol. The molecule has 14 heavy (non-hydrogen) atoms. The second-order valence-electron chi connectivity index (χ2n) is 3.39.